The van der Waals surface area contributed by atoms with E-state index in [1.165, 1.54) is 28.5 Å². The van der Waals surface area contributed by atoms with E-state index in [4.69, 9.17) is 0 Å². The molecule has 0 atom stereocenters. The molecule has 0 bridgehead atoms. The van der Waals surface area contributed by atoms with E-state index in [0.717, 1.165) is 21.5 Å². The molecule has 0 radical (unpaired) electrons. The minimum Gasteiger partial charge on any atom is -0.348 e. The standard InChI is InChI=1S/C26H26N4OS2/c1-19-12-14-22(15-13-19)30-24(16-27-25(31)18-32-23-10-4-3-5-11-23)28-29-26(30)33-17-21-9-7-6-8-20(21)2/h3-15H,16-18H2,1-2H3,(H,27,31). The van der Waals surface area contributed by atoms with Gasteiger partial charge in [-0.05, 0) is 49.2 Å². The number of aryl methyl sites for hydroxylation is 2. The summed E-state index contributed by atoms with van der Waals surface area (Å²) >= 11 is 3.17. The first-order valence-corrected chi connectivity index (χ1v) is 12.7. The second kappa shape index (κ2) is 11.2. The summed E-state index contributed by atoms with van der Waals surface area (Å²) in [6.07, 6.45) is 0. The zero-order valence-corrected chi connectivity index (χ0v) is 20.3. The topological polar surface area (TPSA) is 59.8 Å². The Labute approximate surface area is 203 Å². The summed E-state index contributed by atoms with van der Waals surface area (Å²) < 4.78 is 2.03. The van der Waals surface area contributed by atoms with Gasteiger partial charge in [0, 0.05) is 16.3 Å². The highest BCUT2D eigenvalue weighted by Gasteiger charge is 2.16. The molecule has 33 heavy (non-hydrogen) atoms. The molecule has 3 aromatic carbocycles. The number of nitrogens with one attached hydrogen (secondary N) is 1. The number of carbonyl (C=O) groups is 1. The molecule has 0 saturated heterocycles. The molecule has 7 heteroatoms. The van der Waals surface area contributed by atoms with Crippen molar-refractivity contribution < 1.29 is 4.79 Å². The Kier molecular flexibility index (Phi) is 7.86. The van der Waals surface area contributed by atoms with Crippen molar-refractivity contribution in [1.82, 2.24) is 20.1 Å². The monoisotopic (exact) mass is 474 g/mol. The molecule has 0 aliphatic carbocycles. The highest BCUT2D eigenvalue weighted by Crippen LogP contribution is 2.26. The molecule has 0 unspecified atom stereocenters. The molecule has 0 aliphatic heterocycles. The van der Waals surface area contributed by atoms with Gasteiger partial charge in [0.05, 0.1) is 12.3 Å². The van der Waals surface area contributed by atoms with Crippen molar-refractivity contribution in [3.8, 4) is 5.69 Å². The van der Waals surface area contributed by atoms with Crippen molar-refractivity contribution in [1.29, 1.82) is 0 Å². The van der Waals surface area contributed by atoms with Crippen LogP contribution < -0.4 is 5.32 Å². The predicted molar refractivity (Wildman–Crippen MR) is 136 cm³/mol. The van der Waals surface area contributed by atoms with Gasteiger partial charge in [-0.1, -0.05) is 71.9 Å². The Morgan fingerprint density at radius 2 is 1.61 bits per heavy atom. The van der Waals surface area contributed by atoms with Gasteiger partial charge in [-0.3, -0.25) is 9.36 Å². The van der Waals surface area contributed by atoms with E-state index in [1.54, 1.807) is 11.8 Å². The number of thioether (sulfide) groups is 2. The lowest BCUT2D eigenvalue weighted by molar-refractivity contribution is -0.118. The van der Waals surface area contributed by atoms with Crippen LogP contribution in [-0.2, 0) is 17.1 Å². The Balaban J connectivity index is 1.48. The van der Waals surface area contributed by atoms with Crippen LogP contribution in [0.1, 0.15) is 22.5 Å². The van der Waals surface area contributed by atoms with Gasteiger partial charge >= 0.3 is 0 Å². The Bertz CT molecular complexity index is 1210. The number of aromatic nitrogens is 3. The van der Waals surface area contributed by atoms with Crippen molar-refractivity contribution in [2.75, 3.05) is 5.75 Å². The van der Waals surface area contributed by atoms with E-state index < -0.39 is 0 Å². The maximum absolute atomic E-state index is 12.4. The summed E-state index contributed by atoms with van der Waals surface area (Å²) in [6, 6.07) is 26.6. The molecule has 1 aromatic heterocycles. The average Bonchev–Trinajstić information content (AvgIpc) is 3.25. The first-order valence-electron chi connectivity index (χ1n) is 10.7. The van der Waals surface area contributed by atoms with E-state index in [2.05, 4.69) is 77.9 Å². The molecule has 4 aromatic rings. The summed E-state index contributed by atoms with van der Waals surface area (Å²) in [5, 5.41) is 12.7. The van der Waals surface area contributed by atoms with E-state index in [9.17, 15) is 4.79 Å². The van der Waals surface area contributed by atoms with Crippen LogP contribution in [0, 0.1) is 13.8 Å². The molecular formula is C26H26N4OS2. The summed E-state index contributed by atoms with van der Waals surface area (Å²) in [4.78, 5) is 13.5. The minimum absolute atomic E-state index is 0.0311. The summed E-state index contributed by atoms with van der Waals surface area (Å²) in [5.74, 6) is 1.84. The van der Waals surface area contributed by atoms with E-state index >= 15 is 0 Å². The second-order valence-electron chi connectivity index (χ2n) is 7.66. The van der Waals surface area contributed by atoms with Crippen molar-refractivity contribution >= 4 is 29.4 Å². The molecule has 1 heterocycles. The van der Waals surface area contributed by atoms with Crippen LogP contribution in [0.25, 0.3) is 5.69 Å². The van der Waals surface area contributed by atoms with Gasteiger partial charge in [-0.25, -0.2) is 0 Å². The number of hydrogen-bond donors (Lipinski definition) is 1. The Morgan fingerprint density at radius 3 is 2.36 bits per heavy atom. The Morgan fingerprint density at radius 1 is 0.879 bits per heavy atom. The van der Waals surface area contributed by atoms with E-state index in [0.29, 0.717) is 18.1 Å². The van der Waals surface area contributed by atoms with Crippen LogP contribution in [0.5, 0.6) is 0 Å². The van der Waals surface area contributed by atoms with Gasteiger partial charge in [-0.2, -0.15) is 0 Å². The van der Waals surface area contributed by atoms with Crippen LogP contribution in [0.2, 0.25) is 0 Å². The van der Waals surface area contributed by atoms with Crippen LogP contribution >= 0.6 is 23.5 Å². The third-order valence-electron chi connectivity index (χ3n) is 5.17. The van der Waals surface area contributed by atoms with Crippen molar-refractivity contribution in [2.45, 2.75) is 36.2 Å². The van der Waals surface area contributed by atoms with Gasteiger partial charge in [-0.15, -0.1) is 22.0 Å². The largest absolute Gasteiger partial charge is 0.348 e. The number of benzene rings is 3. The third-order valence-corrected chi connectivity index (χ3v) is 7.16. The van der Waals surface area contributed by atoms with E-state index in [-0.39, 0.29) is 5.91 Å². The quantitative estimate of drug-likeness (QED) is 0.321. The van der Waals surface area contributed by atoms with Crippen molar-refractivity contribution in [3.05, 3.63) is 101 Å². The van der Waals surface area contributed by atoms with Gasteiger partial charge in [0.1, 0.15) is 0 Å². The first kappa shape index (κ1) is 23.1. The fraction of sp³-hybridized carbons (Fsp3) is 0.192. The molecular weight excluding hydrogens is 448 g/mol. The number of nitrogens with zero attached hydrogens (tertiary/aromatic N) is 3. The van der Waals surface area contributed by atoms with Crippen LogP contribution in [0.15, 0.2) is 88.9 Å². The fourth-order valence-electron chi connectivity index (χ4n) is 3.27. The highest BCUT2D eigenvalue weighted by atomic mass is 32.2. The lowest BCUT2D eigenvalue weighted by atomic mass is 10.1. The van der Waals surface area contributed by atoms with Crippen LogP contribution in [0.4, 0.5) is 0 Å². The first-order chi connectivity index (χ1) is 16.1. The minimum atomic E-state index is -0.0311. The van der Waals surface area contributed by atoms with Gasteiger partial charge in [0.25, 0.3) is 0 Å². The van der Waals surface area contributed by atoms with Gasteiger partial charge in [0.2, 0.25) is 5.91 Å². The molecule has 1 amide bonds. The van der Waals surface area contributed by atoms with Crippen molar-refractivity contribution in [3.63, 3.8) is 0 Å². The molecule has 1 N–H and O–H groups in total. The third kappa shape index (κ3) is 6.27. The van der Waals surface area contributed by atoms with Gasteiger partial charge in [0.15, 0.2) is 11.0 Å². The van der Waals surface area contributed by atoms with E-state index in [1.807, 2.05) is 34.9 Å². The predicted octanol–water partition coefficient (Wildman–Crippen LogP) is 5.58. The maximum atomic E-state index is 12.4. The SMILES string of the molecule is Cc1ccc(-n2c(CNC(=O)CSc3ccccc3)nnc2SCc2ccccc2C)cc1. The molecule has 168 valence electrons. The highest BCUT2D eigenvalue weighted by molar-refractivity contribution is 8.00. The lowest BCUT2D eigenvalue weighted by Gasteiger charge is -2.12. The fourth-order valence-corrected chi connectivity index (χ4v) is 5.07. The zero-order chi connectivity index (χ0) is 23.0. The van der Waals surface area contributed by atoms with Crippen molar-refractivity contribution in [2.24, 2.45) is 0 Å². The lowest BCUT2D eigenvalue weighted by Crippen LogP contribution is -2.26. The summed E-state index contributed by atoms with van der Waals surface area (Å²) in [7, 11) is 0. The molecule has 0 fully saturated rings. The number of amides is 1. The normalized spacial score (nSPS) is 10.8. The Hall–Kier alpha value is -3.03. The molecule has 5 nitrogen and oxygen atoms in total. The average molecular weight is 475 g/mol. The molecule has 0 aliphatic rings. The maximum Gasteiger partial charge on any atom is 0.230 e. The number of rotatable bonds is 9. The molecule has 0 spiro atoms. The number of carbonyl (C=O) groups excluding carboxylic acids is 1. The second-order valence-corrected chi connectivity index (χ2v) is 9.65. The number of hydrogen-bond acceptors (Lipinski definition) is 5. The smallest absolute Gasteiger partial charge is 0.230 e. The van der Waals surface area contributed by atoms with Crippen LogP contribution in [-0.4, -0.2) is 26.4 Å². The molecule has 0 saturated carbocycles. The van der Waals surface area contributed by atoms with Gasteiger partial charge < -0.3 is 5.32 Å². The summed E-state index contributed by atoms with van der Waals surface area (Å²) in [6.45, 7) is 4.50. The molecule has 4 rings (SSSR count). The van der Waals surface area contributed by atoms with Crippen LogP contribution in [0.3, 0.4) is 0 Å². The summed E-state index contributed by atoms with van der Waals surface area (Å²) in [5.41, 5.74) is 4.71. The zero-order valence-electron chi connectivity index (χ0n) is 18.7.